The van der Waals surface area contributed by atoms with Crippen molar-refractivity contribution in [2.24, 2.45) is 11.8 Å². The Hall–Kier alpha value is -1.64. The van der Waals surface area contributed by atoms with E-state index >= 15 is 0 Å². The summed E-state index contributed by atoms with van der Waals surface area (Å²) in [6.45, 7) is 2.86. The zero-order chi connectivity index (χ0) is 20.5. The Morgan fingerprint density at radius 3 is 2.50 bits per heavy atom. The van der Waals surface area contributed by atoms with Crippen LogP contribution in [0, 0.1) is 18.8 Å². The Labute approximate surface area is 170 Å². The van der Waals surface area contributed by atoms with Gasteiger partial charge in [0.25, 0.3) is 0 Å². The molecule has 2 saturated heterocycles. The summed E-state index contributed by atoms with van der Waals surface area (Å²) in [7, 11) is -3.75. The fourth-order valence-electron chi connectivity index (χ4n) is 4.01. The van der Waals surface area contributed by atoms with Crippen LogP contribution in [0.3, 0.4) is 0 Å². The molecule has 1 N–H and O–H groups in total. The number of carboxylic acids is 1. The third-order valence-corrected chi connectivity index (χ3v) is 8.07. The van der Waals surface area contributed by atoms with Crippen LogP contribution >= 0.6 is 11.6 Å². The van der Waals surface area contributed by atoms with Crippen molar-refractivity contribution >= 4 is 33.5 Å². The van der Waals surface area contributed by atoms with E-state index < -0.39 is 27.8 Å². The number of hydrogen-bond donors (Lipinski definition) is 1. The maximum absolute atomic E-state index is 13.1. The number of hydrogen-bond acceptors (Lipinski definition) is 4. The number of carboxylic acid groups (broad SMARTS) is 1. The van der Waals surface area contributed by atoms with E-state index in [1.165, 1.54) is 10.4 Å². The second kappa shape index (κ2) is 8.39. The molecule has 2 heterocycles. The van der Waals surface area contributed by atoms with Gasteiger partial charge in [-0.2, -0.15) is 4.31 Å². The SMILES string of the molecule is Cc1c(Cl)cccc1S(=O)(=O)N1CCCC(C(=O)N2CCCC(C(=O)O)C2)C1. The van der Waals surface area contributed by atoms with Gasteiger partial charge in [0.2, 0.25) is 15.9 Å². The summed E-state index contributed by atoms with van der Waals surface area (Å²) in [4.78, 5) is 26.0. The van der Waals surface area contributed by atoms with E-state index in [1.807, 2.05) is 0 Å². The number of rotatable bonds is 4. The molecule has 0 spiro atoms. The number of nitrogens with zero attached hydrogens (tertiary/aromatic N) is 2. The summed E-state index contributed by atoms with van der Waals surface area (Å²) in [5.74, 6) is -2.03. The van der Waals surface area contributed by atoms with Gasteiger partial charge in [-0.3, -0.25) is 9.59 Å². The molecule has 2 atom stereocenters. The molecule has 1 aromatic carbocycles. The van der Waals surface area contributed by atoms with Gasteiger partial charge in [-0.25, -0.2) is 8.42 Å². The number of aliphatic carboxylic acids is 1. The van der Waals surface area contributed by atoms with Gasteiger partial charge in [-0.15, -0.1) is 0 Å². The van der Waals surface area contributed by atoms with E-state index in [9.17, 15) is 23.1 Å². The predicted molar refractivity (Wildman–Crippen MR) is 105 cm³/mol. The molecule has 2 aliphatic rings. The lowest BCUT2D eigenvalue weighted by molar-refractivity contribution is -0.147. The standard InChI is InChI=1S/C19H25ClN2O5S/c1-13-16(20)7-2-8-17(13)28(26,27)22-10-4-5-14(12-22)18(23)21-9-3-6-15(11-21)19(24)25/h2,7-8,14-15H,3-6,9-12H2,1H3,(H,24,25). The van der Waals surface area contributed by atoms with Crippen LogP contribution in [0.2, 0.25) is 5.02 Å². The third kappa shape index (κ3) is 4.18. The second-order valence-corrected chi connectivity index (χ2v) is 9.84. The monoisotopic (exact) mass is 428 g/mol. The average molecular weight is 429 g/mol. The van der Waals surface area contributed by atoms with Gasteiger partial charge in [0, 0.05) is 31.2 Å². The van der Waals surface area contributed by atoms with Gasteiger partial charge in [0.15, 0.2) is 0 Å². The van der Waals surface area contributed by atoms with Crippen molar-refractivity contribution in [2.75, 3.05) is 26.2 Å². The zero-order valence-electron chi connectivity index (χ0n) is 15.8. The highest BCUT2D eigenvalue weighted by atomic mass is 35.5. The van der Waals surface area contributed by atoms with Crippen LogP contribution in [-0.4, -0.2) is 60.8 Å². The number of likely N-dealkylation sites (tertiary alicyclic amines) is 1. The highest BCUT2D eigenvalue weighted by molar-refractivity contribution is 7.89. The third-order valence-electron chi connectivity index (χ3n) is 5.65. The van der Waals surface area contributed by atoms with E-state index in [0.717, 1.165) is 0 Å². The largest absolute Gasteiger partial charge is 0.481 e. The molecule has 2 aliphatic heterocycles. The van der Waals surface area contributed by atoms with Gasteiger partial charge < -0.3 is 10.0 Å². The van der Waals surface area contributed by atoms with Crippen LogP contribution < -0.4 is 0 Å². The van der Waals surface area contributed by atoms with Crippen LogP contribution in [0.5, 0.6) is 0 Å². The number of halogens is 1. The summed E-state index contributed by atoms with van der Waals surface area (Å²) >= 11 is 6.09. The van der Waals surface area contributed by atoms with Crippen molar-refractivity contribution in [2.45, 2.75) is 37.5 Å². The van der Waals surface area contributed by atoms with Crippen molar-refractivity contribution in [3.63, 3.8) is 0 Å². The number of piperidine rings is 2. The molecule has 7 nitrogen and oxygen atoms in total. The van der Waals surface area contributed by atoms with Gasteiger partial charge in [-0.1, -0.05) is 17.7 Å². The first-order chi connectivity index (χ1) is 13.2. The Morgan fingerprint density at radius 2 is 1.79 bits per heavy atom. The van der Waals surface area contributed by atoms with Gasteiger partial charge in [0.05, 0.1) is 16.7 Å². The fourth-order valence-corrected chi connectivity index (χ4v) is 6.01. The molecule has 28 heavy (non-hydrogen) atoms. The summed E-state index contributed by atoms with van der Waals surface area (Å²) in [5.41, 5.74) is 0.498. The van der Waals surface area contributed by atoms with Crippen LogP contribution in [0.25, 0.3) is 0 Å². The zero-order valence-corrected chi connectivity index (χ0v) is 17.4. The summed E-state index contributed by atoms with van der Waals surface area (Å²) < 4.78 is 27.6. The lowest BCUT2D eigenvalue weighted by Crippen LogP contribution is -2.49. The molecular formula is C19H25ClN2O5S. The average Bonchev–Trinajstić information content (AvgIpc) is 2.69. The van der Waals surface area contributed by atoms with E-state index in [1.54, 1.807) is 24.0 Å². The van der Waals surface area contributed by atoms with Crippen molar-refractivity contribution in [1.82, 2.24) is 9.21 Å². The Morgan fingerprint density at radius 1 is 1.11 bits per heavy atom. The van der Waals surface area contributed by atoms with E-state index in [2.05, 4.69) is 0 Å². The first-order valence-electron chi connectivity index (χ1n) is 9.48. The summed E-state index contributed by atoms with van der Waals surface area (Å²) in [5, 5.41) is 9.62. The molecule has 0 aromatic heterocycles. The van der Waals surface area contributed by atoms with Crippen LogP contribution in [0.1, 0.15) is 31.2 Å². The molecule has 1 amide bonds. The first-order valence-corrected chi connectivity index (χ1v) is 11.3. The maximum Gasteiger partial charge on any atom is 0.308 e. The topological polar surface area (TPSA) is 95.0 Å². The Bertz CT molecular complexity index is 873. The van der Waals surface area contributed by atoms with Crippen molar-refractivity contribution in [3.8, 4) is 0 Å². The predicted octanol–water partition coefficient (Wildman–Crippen LogP) is 2.37. The molecule has 0 aliphatic carbocycles. The minimum absolute atomic E-state index is 0.112. The summed E-state index contributed by atoms with van der Waals surface area (Å²) in [6.07, 6.45) is 2.41. The highest BCUT2D eigenvalue weighted by Gasteiger charge is 2.37. The smallest absolute Gasteiger partial charge is 0.308 e. The van der Waals surface area contributed by atoms with Crippen LogP contribution in [0.15, 0.2) is 23.1 Å². The second-order valence-electron chi connectivity index (χ2n) is 7.53. The molecule has 3 rings (SSSR count). The molecule has 9 heteroatoms. The van der Waals surface area contributed by atoms with Crippen molar-refractivity contribution in [1.29, 1.82) is 0 Å². The number of amides is 1. The van der Waals surface area contributed by atoms with E-state index in [4.69, 9.17) is 11.6 Å². The first kappa shape index (κ1) is 21.1. The molecular weight excluding hydrogens is 404 g/mol. The molecule has 2 unspecified atom stereocenters. The number of carbonyl (C=O) groups is 2. The van der Waals surface area contributed by atoms with E-state index in [0.29, 0.717) is 49.4 Å². The van der Waals surface area contributed by atoms with Gasteiger partial charge in [0.1, 0.15) is 0 Å². The molecule has 0 saturated carbocycles. The number of sulfonamides is 1. The normalized spacial score (nSPS) is 24.1. The molecule has 1 aromatic rings. The summed E-state index contributed by atoms with van der Waals surface area (Å²) in [6, 6.07) is 4.78. The van der Waals surface area contributed by atoms with Crippen LogP contribution in [0.4, 0.5) is 0 Å². The minimum atomic E-state index is -3.75. The fraction of sp³-hybridized carbons (Fsp3) is 0.579. The molecule has 154 valence electrons. The Kier molecular flexibility index (Phi) is 6.31. The van der Waals surface area contributed by atoms with Gasteiger partial charge in [-0.05, 0) is 50.3 Å². The molecule has 0 bridgehead atoms. The number of benzene rings is 1. The van der Waals surface area contributed by atoms with E-state index in [-0.39, 0.29) is 23.9 Å². The van der Waals surface area contributed by atoms with Gasteiger partial charge >= 0.3 is 5.97 Å². The maximum atomic E-state index is 13.1. The molecule has 0 radical (unpaired) electrons. The quantitative estimate of drug-likeness (QED) is 0.794. The van der Waals surface area contributed by atoms with Crippen LogP contribution in [-0.2, 0) is 19.6 Å². The highest BCUT2D eigenvalue weighted by Crippen LogP contribution is 2.30. The lowest BCUT2D eigenvalue weighted by Gasteiger charge is -2.37. The Balaban J connectivity index is 1.75. The lowest BCUT2D eigenvalue weighted by atomic mass is 9.94. The van der Waals surface area contributed by atoms with Crippen molar-refractivity contribution < 1.29 is 23.1 Å². The minimum Gasteiger partial charge on any atom is -0.481 e. The number of carbonyl (C=O) groups excluding carboxylic acids is 1. The molecule has 2 fully saturated rings. The van der Waals surface area contributed by atoms with Crippen molar-refractivity contribution in [3.05, 3.63) is 28.8 Å².